The predicted molar refractivity (Wildman–Crippen MR) is 100 cm³/mol. The monoisotopic (exact) mass is 386 g/mol. The molecule has 0 radical (unpaired) electrons. The van der Waals surface area contributed by atoms with Gasteiger partial charge < -0.3 is 29.2 Å². The van der Waals surface area contributed by atoms with Crippen molar-refractivity contribution in [1.29, 1.82) is 0 Å². The SMILES string of the molecule is COc1cc2c(cc1OC)-c1c(cc(O)c(OC)c1O)C[C@H]1C(=O)OC[C@@H]1C2. The van der Waals surface area contributed by atoms with Gasteiger partial charge >= 0.3 is 5.97 Å². The highest BCUT2D eigenvalue weighted by Crippen LogP contribution is 2.51. The number of methoxy groups -OCH3 is 3. The zero-order valence-electron chi connectivity index (χ0n) is 15.9. The molecule has 1 aliphatic heterocycles. The van der Waals surface area contributed by atoms with Gasteiger partial charge in [-0.25, -0.2) is 0 Å². The van der Waals surface area contributed by atoms with Crippen LogP contribution in [-0.4, -0.2) is 44.1 Å². The molecule has 0 bridgehead atoms. The van der Waals surface area contributed by atoms with Gasteiger partial charge in [-0.1, -0.05) is 0 Å². The molecule has 0 spiro atoms. The van der Waals surface area contributed by atoms with Gasteiger partial charge in [0, 0.05) is 11.5 Å². The number of rotatable bonds is 3. The highest BCUT2D eigenvalue weighted by atomic mass is 16.5. The number of ether oxygens (including phenoxy) is 4. The highest BCUT2D eigenvalue weighted by molar-refractivity contribution is 5.84. The Balaban J connectivity index is 2.03. The Labute approximate surface area is 162 Å². The molecule has 1 fully saturated rings. The standard InChI is InChI=1S/C21H22O7/c1-25-16-7-10-4-12-9-28-21(24)14(12)5-11-6-15(22)20(27-3)19(23)18(11)13(10)8-17(16)26-2/h6-8,12,14,22-23H,4-5,9H2,1-3H3/t12-,14+/m0/s1. The van der Waals surface area contributed by atoms with E-state index in [9.17, 15) is 15.0 Å². The van der Waals surface area contributed by atoms with Crippen LogP contribution in [0.4, 0.5) is 0 Å². The first-order chi connectivity index (χ1) is 13.5. The molecular formula is C21H22O7. The van der Waals surface area contributed by atoms with Crippen molar-refractivity contribution in [3.8, 4) is 39.9 Å². The van der Waals surface area contributed by atoms with Crippen LogP contribution in [0.1, 0.15) is 11.1 Å². The van der Waals surface area contributed by atoms with Crippen molar-refractivity contribution in [3.05, 3.63) is 29.3 Å². The summed E-state index contributed by atoms with van der Waals surface area (Å²) in [6, 6.07) is 5.21. The number of hydrogen-bond donors (Lipinski definition) is 2. The third-order valence-corrected chi connectivity index (χ3v) is 5.63. The smallest absolute Gasteiger partial charge is 0.309 e. The Morgan fingerprint density at radius 3 is 2.36 bits per heavy atom. The van der Waals surface area contributed by atoms with Crippen molar-refractivity contribution in [2.45, 2.75) is 12.8 Å². The molecule has 148 valence electrons. The lowest BCUT2D eigenvalue weighted by Crippen LogP contribution is -2.23. The van der Waals surface area contributed by atoms with Gasteiger partial charge in [-0.3, -0.25) is 4.79 Å². The summed E-state index contributed by atoms with van der Waals surface area (Å²) in [4.78, 5) is 12.3. The molecule has 28 heavy (non-hydrogen) atoms. The van der Waals surface area contributed by atoms with E-state index < -0.39 is 0 Å². The molecule has 2 aliphatic rings. The van der Waals surface area contributed by atoms with Crippen LogP contribution in [0.5, 0.6) is 28.7 Å². The third kappa shape index (κ3) is 2.69. The van der Waals surface area contributed by atoms with Crippen LogP contribution in [-0.2, 0) is 22.4 Å². The van der Waals surface area contributed by atoms with Crippen LogP contribution in [0.2, 0.25) is 0 Å². The van der Waals surface area contributed by atoms with Gasteiger partial charge in [-0.2, -0.15) is 0 Å². The van der Waals surface area contributed by atoms with Crippen LogP contribution in [0.3, 0.4) is 0 Å². The van der Waals surface area contributed by atoms with Crippen molar-refractivity contribution >= 4 is 5.97 Å². The summed E-state index contributed by atoms with van der Waals surface area (Å²) in [5.74, 6) is 0.140. The Morgan fingerprint density at radius 2 is 1.68 bits per heavy atom. The Kier molecular flexibility index (Phi) is 4.45. The first-order valence-corrected chi connectivity index (χ1v) is 9.02. The van der Waals surface area contributed by atoms with Crippen molar-refractivity contribution in [2.75, 3.05) is 27.9 Å². The van der Waals surface area contributed by atoms with Gasteiger partial charge in [0.15, 0.2) is 23.0 Å². The maximum atomic E-state index is 12.3. The zero-order valence-corrected chi connectivity index (χ0v) is 15.9. The lowest BCUT2D eigenvalue weighted by Gasteiger charge is -2.26. The minimum absolute atomic E-state index is 0.00360. The van der Waals surface area contributed by atoms with Gasteiger partial charge in [-0.15, -0.1) is 0 Å². The molecule has 2 aromatic carbocycles. The summed E-state index contributed by atoms with van der Waals surface area (Å²) in [6.07, 6.45) is 0.950. The lowest BCUT2D eigenvalue weighted by molar-refractivity contribution is -0.141. The molecule has 4 rings (SSSR count). The molecule has 1 aliphatic carbocycles. The second-order valence-corrected chi connectivity index (χ2v) is 7.08. The zero-order chi connectivity index (χ0) is 20.0. The number of phenols is 2. The van der Waals surface area contributed by atoms with Crippen LogP contribution < -0.4 is 14.2 Å². The average Bonchev–Trinajstić information content (AvgIpc) is 3.00. The van der Waals surface area contributed by atoms with Gasteiger partial charge in [0.05, 0.1) is 33.9 Å². The number of aromatic hydroxyl groups is 2. The number of hydrogen-bond acceptors (Lipinski definition) is 7. The summed E-state index contributed by atoms with van der Waals surface area (Å²) in [5.41, 5.74) is 2.82. The summed E-state index contributed by atoms with van der Waals surface area (Å²) < 4.78 is 21.4. The normalized spacial score (nSPS) is 20.2. The molecular weight excluding hydrogens is 364 g/mol. The largest absolute Gasteiger partial charge is 0.504 e. The van der Waals surface area contributed by atoms with Gasteiger partial charge in [0.2, 0.25) is 5.75 Å². The molecule has 7 heteroatoms. The quantitative estimate of drug-likeness (QED) is 0.783. The number of cyclic esters (lactones) is 1. The molecule has 7 nitrogen and oxygen atoms in total. The van der Waals surface area contributed by atoms with Crippen LogP contribution in [0, 0.1) is 11.8 Å². The molecule has 2 N–H and O–H groups in total. The second kappa shape index (κ2) is 6.82. The third-order valence-electron chi connectivity index (χ3n) is 5.63. The second-order valence-electron chi connectivity index (χ2n) is 7.08. The predicted octanol–water partition coefficient (Wildman–Crippen LogP) is 2.68. The fraction of sp³-hybridized carbons (Fsp3) is 0.381. The fourth-order valence-electron chi connectivity index (χ4n) is 4.25. The van der Waals surface area contributed by atoms with E-state index in [1.807, 2.05) is 6.07 Å². The minimum atomic E-state index is -0.341. The number of carbonyl (C=O) groups excluding carboxylic acids is 1. The summed E-state index contributed by atoms with van der Waals surface area (Å²) in [6.45, 7) is 0.348. The van der Waals surface area contributed by atoms with Crippen molar-refractivity contribution in [1.82, 2.24) is 0 Å². The van der Waals surface area contributed by atoms with Crippen LogP contribution in [0.25, 0.3) is 11.1 Å². The first-order valence-electron chi connectivity index (χ1n) is 9.02. The lowest BCUT2D eigenvalue weighted by atomic mass is 9.77. The van der Waals surface area contributed by atoms with E-state index in [2.05, 4.69) is 0 Å². The number of benzene rings is 2. The minimum Gasteiger partial charge on any atom is -0.504 e. The highest BCUT2D eigenvalue weighted by Gasteiger charge is 2.40. The van der Waals surface area contributed by atoms with Gasteiger partial charge in [0.25, 0.3) is 0 Å². The van der Waals surface area contributed by atoms with Gasteiger partial charge in [-0.05, 0) is 47.7 Å². The van der Waals surface area contributed by atoms with Crippen LogP contribution in [0.15, 0.2) is 18.2 Å². The molecule has 2 aromatic rings. The molecule has 1 heterocycles. The Morgan fingerprint density at radius 1 is 0.964 bits per heavy atom. The van der Waals surface area contributed by atoms with E-state index in [1.165, 1.54) is 7.11 Å². The first kappa shape index (κ1) is 18.3. The van der Waals surface area contributed by atoms with Crippen molar-refractivity contribution in [2.24, 2.45) is 11.8 Å². The summed E-state index contributed by atoms with van der Waals surface area (Å²) in [5, 5.41) is 21.2. The molecule has 0 amide bonds. The average molecular weight is 386 g/mol. The van der Waals surface area contributed by atoms with E-state index in [4.69, 9.17) is 18.9 Å². The number of fused-ring (bicyclic) bond motifs is 4. The summed E-state index contributed by atoms with van der Waals surface area (Å²) in [7, 11) is 4.49. The summed E-state index contributed by atoms with van der Waals surface area (Å²) >= 11 is 0. The van der Waals surface area contributed by atoms with Crippen LogP contribution >= 0.6 is 0 Å². The maximum absolute atomic E-state index is 12.3. The van der Waals surface area contributed by atoms with E-state index in [-0.39, 0.29) is 35.1 Å². The van der Waals surface area contributed by atoms with E-state index in [0.29, 0.717) is 42.1 Å². The molecule has 0 aromatic heterocycles. The molecule has 0 unspecified atom stereocenters. The Hall–Kier alpha value is -3.09. The number of esters is 1. The number of phenolic OH excluding ortho intramolecular Hbond substituents is 2. The van der Waals surface area contributed by atoms with E-state index in [1.54, 1.807) is 26.4 Å². The Bertz CT molecular complexity index is 951. The molecule has 0 saturated carbocycles. The molecule has 1 saturated heterocycles. The van der Waals surface area contributed by atoms with Crippen molar-refractivity contribution in [3.63, 3.8) is 0 Å². The topological polar surface area (TPSA) is 94.5 Å². The van der Waals surface area contributed by atoms with Gasteiger partial charge in [0.1, 0.15) is 0 Å². The van der Waals surface area contributed by atoms with E-state index >= 15 is 0 Å². The number of carbonyl (C=O) groups is 1. The molecule has 2 atom stereocenters. The maximum Gasteiger partial charge on any atom is 0.309 e. The van der Waals surface area contributed by atoms with Crippen molar-refractivity contribution < 1.29 is 34.0 Å². The van der Waals surface area contributed by atoms with E-state index in [0.717, 1.165) is 11.1 Å². The fourth-order valence-corrected chi connectivity index (χ4v) is 4.25.